The average molecular weight is 343 g/mol. The van der Waals surface area contributed by atoms with Crippen LogP contribution in [-0.4, -0.2) is 54.2 Å². The molecule has 2 aromatic rings. The minimum atomic E-state index is 0.327. The number of para-hydroxylation sites is 2. The first-order valence-electron chi connectivity index (χ1n) is 8.50. The quantitative estimate of drug-likeness (QED) is 0.655. The van der Waals surface area contributed by atoms with E-state index in [0.29, 0.717) is 18.2 Å². The highest BCUT2D eigenvalue weighted by molar-refractivity contribution is 5.80. The third kappa shape index (κ3) is 3.87. The number of aromatic hydroxyl groups is 1. The average Bonchev–Trinajstić information content (AvgIpc) is 2.94. The van der Waals surface area contributed by atoms with Gasteiger partial charge in [0.05, 0.1) is 17.9 Å². The minimum Gasteiger partial charge on any atom is -0.506 e. The largest absolute Gasteiger partial charge is 0.506 e. The fourth-order valence-corrected chi connectivity index (χ4v) is 2.99. The lowest BCUT2D eigenvalue weighted by Gasteiger charge is -2.37. The molecule has 0 unspecified atom stereocenters. The Hall–Kier alpha value is -2.70. The Morgan fingerprint density at radius 3 is 2.56 bits per heavy atom. The van der Waals surface area contributed by atoms with Crippen molar-refractivity contribution in [3.63, 3.8) is 0 Å². The number of piperazine rings is 1. The van der Waals surface area contributed by atoms with Crippen LogP contribution < -0.4 is 10.2 Å². The molecular weight excluding hydrogens is 318 g/mol. The van der Waals surface area contributed by atoms with Crippen molar-refractivity contribution in [1.29, 1.82) is 0 Å². The Morgan fingerprint density at radius 1 is 1.24 bits per heavy atom. The van der Waals surface area contributed by atoms with Gasteiger partial charge in [0.1, 0.15) is 11.5 Å². The van der Waals surface area contributed by atoms with Gasteiger partial charge in [-0.05, 0) is 26.0 Å². The van der Waals surface area contributed by atoms with Crippen LogP contribution in [0.15, 0.2) is 33.7 Å². The summed E-state index contributed by atoms with van der Waals surface area (Å²) in [5.74, 6) is 2.69. The Kier molecular flexibility index (Phi) is 5.11. The number of phenolic OH excluding ortho intramolecular Hbond substituents is 1. The van der Waals surface area contributed by atoms with Crippen molar-refractivity contribution in [2.24, 2.45) is 4.99 Å². The van der Waals surface area contributed by atoms with E-state index in [4.69, 9.17) is 4.42 Å². The van der Waals surface area contributed by atoms with E-state index in [2.05, 4.69) is 25.1 Å². The lowest BCUT2D eigenvalue weighted by Crippen LogP contribution is -2.52. The van der Waals surface area contributed by atoms with E-state index in [0.717, 1.165) is 49.3 Å². The molecule has 3 rings (SSSR count). The Morgan fingerprint density at radius 2 is 1.96 bits per heavy atom. The maximum Gasteiger partial charge on any atom is 0.214 e. The first-order chi connectivity index (χ1) is 12.1. The molecule has 0 spiro atoms. The van der Waals surface area contributed by atoms with E-state index in [-0.39, 0.29) is 0 Å². The van der Waals surface area contributed by atoms with Crippen LogP contribution in [0.1, 0.15) is 17.3 Å². The fourth-order valence-electron chi connectivity index (χ4n) is 2.99. The second kappa shape index (κ2) is 7.46. The standard InChI is InChI=1S/C18H25N5O2/c1-13-14(2)25-17(21-13)12-20-18(19-3)23-10-8-22(9-11-23)15-6-4-5-7-16(15)24/h4-7,24H,8-12H2,1-3H3,(H,19,20). The number of guanidine groups is 1. The molecule has 7 heteroatoms. The highest BCUT2D eigenvalue weighted by atomic mass is 16.4. The molecule has 1 aliphatic heterocycles. The van der Waals surface area contributed by atoms with Crippen LogP contribution in [0.4, 0.5) is 5.69 Å². The number of oxazole rings is 1. The molecule has 1 aromatic carbocycles. The number of nitrogens with one attached hydrogen (secondary N) is 1. The van der Waals surface area contributed by atoms with Crippen molar-refractivity contribution in [1.82, 2.24) is 15.2 Å². The summed E-state index contributed by atoms with van der Waals surface area (Å²) in [6.07, 6.45) is 0. The number of benzene rings is 1. The number of phenols is 1. The van der Waals surface area contributed by atoms with Crippen molar-refractivity contribution in [2.75, 3.05) is 38.1 Å². The van der Waals surface area contributed by atoms with Gasteiger partial charge < -0.3 is 24.6 Å². The van der Waals surface area contributed by atoms with Crippen molar-refractivity contribution < 1.29 is 9.52 Å². The van der Waals surface area contributed by atoms with Gasteiger partial charge in [0.2, 0.25) is 5.89 Å². The minimum absolute atomic E-state index is 0.327. The summed E-state index contributed by atoms with van der Waals surface area (Å²) >= 11 is 0. The first-order valence-corrected chi connectivity index (χ1v) is 8.50. The van der Waals surface area contributed by atoms with Crippen LogP contribution >= 0.6 is 0 Å². The highest BCUT2D eigenvalue weighted by Crippen LogP contribution is 2.27. The first kappa shape index (κ1) is 17.1. The Labute approximate surface area is 148 Å². The zero-order valence-corrected chi connectivity index (χ0v) is 15.0. The van der Waals surface area contributed by atoms with Crippen molar-refractivity contribution in [2.45, 2.75) is 20.4 Å². The second-order valence-corrected chi connectivity index (χ2v) is 6.11. The number of aryl methyl sites for hydroxylation is 2. The van der Waals surface area contributed by atoms with Gasteiger partial charge in [0.25, 0.3) is 0 Å². The Bertz CT molecular complexity index is 728. The number of rotatable bonds is 3. The lowest BCUT2D eigenvalue weighted by molar-refractivity contribution is 0.366. The van der Waals surface area contributed by atoms with Gasteiger partial charge >= 0.3 is 0 Å². The molecule has 1 saturated heterocycles. The molecule has 2 N–H and O–H groups in total. The van der Waals surface area contributed by atoms with Gasteiger partial charge in [-0.25, -0.2) is 4.98 Å². The van der Waals surface area contributed by atoms with Crippen LogP contribution in [0.3, 0.4) is 0 Å². The molecule has 0 atom stereocenters. The van der Waals surface area contributed by atoms with Gasteiger partial charge in [-0.2, -0.15) is 0 Å². The topological polar surface area (TPSA) is 77.1 Å². The maximum atomic E-state index is 10.0. The third-order valence-corrected chi connectivity index (χ3v) is 4.48. The van der Waals surface area contributed by atoms with E-state index in [9.17, 15) is 5.11 Å². The van der Waals surface area contributed by atoms with Crippen molar-refractivity contribution in [3.05, 3.63) is 41.6 Å². The molecular formula is C18H25N5O2. The molecule has 1 fully saturated rings. The van der Waals surface area contributed by atoms with Gasteiger partial charge in [-0.15, -0.1) is 0 Å². The summed E-state index contributed by atoms with van der Waals surface area (Å²) < 4.78 is 5.60. The second-order valence-electron chi connectivity index (χ2n) is 6.11. The van der Waals surface area contributed by atoms with Crippen LogP contribution in [-0.2, 0) is 6.54 Å². The number of hydrogen-bond acceptors (Lipinski definition) is 5. The highest BCUT2D eigenvalue weighted by Gasteiger charge is 2.21. The number of hydrogen-bond donors (Lipinski definition) is 2. The smallest absolute Gasteiger partial charge is 0.214 e. The normalized spacial score (nSPS) is 15.6. The number of nitrogens with zero attached hydrogens (tertiary/aromatic N) is 4. The van der Waals surface area contributed by atoms with E-state index < -0.39 is 0 Å². The van der Waals surface area contributed by atoms with Crippen molar-refractivity contribution >= 4 is 11.6 Å². The molecule has 0 bridgehead atoms. The zero-order chi connectivity index (χ0) is 17.8. The molecule has 0 radical (unpaired) electrons. The summed E-state index contributed by atoms with van der Waals surface area (Å²) in [6.45, 7) is 7.69. The third-order valence-electron chi connectivity index (χ3n) is 4.48. The molecule has 1 aliphatic rings. The van der Waals surface area contributed by atoms with E-state index in [1.54, 1.807) is 13.1 Å². The van der Waals surface area contributed by atoms with Crippen LogP contribution in [0.2, 0.25) is 0 Å². The van der Waals surface area contributed by atoms with Crippen LogP contribution in [0, 0.1) is 13.8 Å². The number of aromatic nitrogens is 1. The predicted molar refractivity (Wildman–Crippen MR) is 98.1 cm³/mol. The zero-order valence-electron chi connectivity index (χ0n) is 15.0. The molecule has 25 heavy (non-hydrogen) atoms. The fraction of sp³-hybridized carbons (Fsp3) is 0.444. The molecule has 0 aliphatic carbocycles. The van der Waals surface area contributed by atoms with Gasteiger partial charge in [0.15, 0.2) is 5.96 Å². The molecule has 134 valence electrons. The molecule has 0 amide bonds. The molecule has 1 aromatic heterocycles. The Balaban J connectivity index is 1.56. The SMILES string of the molecule is CN=C(NCc1nc(C)c(C)o1)N1CCN(c2ccccc2O)CC1. The van der Waals surface area contributed by atoms with Crippen molar-refractivity contribution in [3.8, 4) is 5.75 Å². The molecule has 2 heterocycles. The van der Waals surface area contributed by atoms with E-state index >= 15 is 0 Å². The van der Waals surface area contributed by atoms with Crippen LogP contribution in [0.5, 0.6) is 5.75 Å². The monoisotopic (exact) mass is 343 g/mol. The van der Waals surface area contributed by atoms with Crippen LogP contribution in [0.25, 0.3) is 0 Å². The molecule has 0 saturated carbocycles. The van der Waals surface area contributed by atoms with Gasteiger partial charge in [0, 0.05) is 33.2 Å². The molecule has 7 nitrogen and oxygen atoms in total. The lowest BCUT2D eigenvalue weighted by atomic mass is 10.2. The predicted octanol–water partition coefficient (Wildman–Crippen LogP) is 1.89. The number of anilines is 1. The van der Waals surface area contributed by atoms with Gasteiger partial charge in [-0.3, -0.25) is 4.99 Å². The summed E-state index contributed by atoms with van der Waals surface area (Å²) in [5, 5.41) is 13.3. The summed E-state index contributed by atoms with van der Waals surface area (Å²) in [5.41, 5.74) is 1.80. The van der Waals surface area contributed by atoms with E-state index in [1.807, 2.05) is 32.0 Å². The van der Waals surface area contributed by atoms with E-state index in [1.165, 1.54) is 0 Å². The van der Waals surface area contributed by atoms with Gasteiger partial charge in [-0.1, -0.05) is 12.1 Å². The summed E-state index contributed by atoms with van der Waals surface area (Å²) in [7, 11) is 1.78. The summed E-state index contributed by atoms with van der Waals surface area (Å²) in [6, 6.07) is 7.46. The summed E-state index contributed by atoms with van der Waals surface area (Å²) in [4.78, 5) is 13.2. The maximum absolute atomic E-state index is 10.0. The number of aliphatic imine (C=N–C) groups is 1.